The van der Waals surface area contributed by atoms with Crippen LogP contribution >= 0.6 is 0 Å². The monoisotopic (exact) mass is 383 g/mol. The molecule has 2 aliphatic heterocycles. The SMILES string of the molecule is Cc1n[nH]c(C)c1S(=O)(=O)N1CCCC(C(=O)N2CC(CN)CC2C)C1. The summed E-state index contributed by atoms with van der Waals surface area (Å²) in [5, 5.41) is 6.74. The Balaban J connectivity index is 1.76. The highest BCUT2D eigenvalue weighted by molar-refractivity contribution is 7.89. The molecule has 9 heteroatoms. The van der Waals surface area contributed by atoms with Crippen LogP contribution in [0.1, 0.15) is 37.6 Å². The number of aryl methyl sites for hydroxylation is 2. The van der Waals surface area contributed by atoms with Gasteiger partial charge in [0.05, 0.1) is 17.3 Å². The number of nitrogens with two attached hydrogens (primary N) is 1. The lowest BCUT2D eigenvalue weighted by Gasteiger charge is -2.34. The highest BCUT2D eigenvalue weighted by atomic mass is 32.2. The second kappa shape index (κ2) is 7.28. The van der Waals surface area contributed by atoms with Crippen LogP contribution in [-0.4, -0.2) is 65.9 Å². The smallest absolute Gasteiger partial charge is 0.246 e. The summed E-state index contributed by atoms with van der Waals surface area (Å²) in [5.41, 5.74) is 6.77. The number of sulfonamides is 1. The second-order valence-corrected chi connectivity index (χ2v) is 9.52. The van der Waals surface area contributed by atoms with Gasteiger partial charge in [0.15, 0.2) is 0 Å². The number of piperidine rings is 1. The van der Waals surface area contributed by atoms with E-state index in [4.69, 9.17) is 5.73 Å². The van der Waals surface area contributed by atoms with E-state index < -0.39 is 10.0 Å². The van der Waals surface area contributed by atoms with Crippen molar-refractivity contribution in [3.8, 4) is 0 Å². The van der Waals surface area contributed by atoms with Gasteiger partial charge in [0.1, 0.15) is 4.90 Å². The average Bonchev–Trinajstić information content (AvgIpc) is 3.16. The number of nitrogens with zero attached hydrogens (tertiary/aromatic N) is 3. The zero-order valence-electron chi connectivity index (χ0n) is 15.7. The van der Waals surface area contributed by atoms with Gasteiger partial charge in [-0.3, -0.25) is 9.89 Å². The van der Waals surface area contributed by atoms with Crippen molar-refractivity contribution in [2.45, 2.75) is 51.0 Å². The first kappa shape index (κ1) is 19.3. The lowest BCUT2D eigenvalue weighted by molar-refractivity contribution is -0.137. The summed E-state index contributed by atoms with van der Waals surface area (Å²) >= 11 is 0. The van der Waals surface area contributed by atoms with Crippen LogP contribution in [0.15, 0.2) is 4.90 Å². The van der Waals surface area contributed by atoms with E-state index in [0.29, 0.717) is 43.4 Å². The fourth-order valence-electron chi connectivity index (χ4n) is 4.27. The Labute approximate surface area is 155 Å². The number of nitrogens with one attached hydrogen (secondary N) is 1. The molecule has 1 aromatic heterocycles. The van der Waals surface area contributed by atoms with Crippen LogP contribution in [0.25, 0.3) is 0 Å². The minimum atomic E-state index is -3.65. The molecule has 26 heavy (non-hydrogen) atoms. The summed E-state index contributed by atoms with van der Waals surface area (Å²) in [7, 11) is -3.65. The predicted molar refractivity (Wildman–Crippen MR) is 97.9 cm³/mol. The lowest BCUT2D eigenvalue weighted by Crippen LogP contribution is -2.47. The molecule has 1 aromatic rings. The van der Waals surface area contributed by atoms with Crippen LogP contribution < -0.4 is 5.73 Å². The zero-order chi connectivity index (χ0) is 19.1. The number of H-pyrrole nitrogens is 1. The highest BCUT2D eigenvalue weighted by Crippen LogP contribution is 2.30. The molecule has 3 N–H and O–H groups in total. The van der Waals surface area contributed by atoms with E-state index in [0.717, 1.165) is 12.8 Å². The number of amides is 1. The van der Waals surface area contributed by atoms with Crippen molar-refractivity contribution < 1.29 is 13.2 Å². The summed E-state index contributed by atoms with van der Waals surface area (Å²) in [6.45, 7) is 7.38. The quantitative estimate of drug-likeness (QED) is 0.792. The second-order valence-electron chi connectivity index (χ2n) is 7.64. The van der Waals surface area contributed by atoms with Gasteiger partial charge in [-0.15, -0.1) is 0 Å². The first-order valence-corrected chi connectivity index (χ1v) is 10.7. The van der Waals surface area contributed by atoms with Crippen LogP contribution in [0.4, 0.5) is 0 Å². The molecule has 2 saturated heterocycles. The topological polar surface area (TPSA) is 112 Å². The molecule has 2 fully saturated rings. The molecule has 3 atom stereocenters. The minimum Gasteiger partial charge on any atom is -0.339 e. The Morgan fingerprint density at radius 1 is 1.35 bits per heavy atom. The molecule has 8 nitrogen and oxygen atoms in total. The van der Waals surface area contributed by atoms with E-state index >= 15 is 0 Å². The van der Waals surface area contributed by atoms with Crippen molar-refractivity contribution in [2.24, 2.45) is 17.6 Å². The van der Waals surface area contributed by atoms with Gasteiger partial charge in [-0.1, -0.05) is 0 Å². The number of hydrogen-bond acceptors (Lipinski definition) is 5. The van der Waals surface area contributed by atoms with Crippen molar-refractivity contribution in [2.75, 3.05) is 26.2 Å². The minimum absolute atomic E-state index is 0.0639. The molecule has 0 bridgehead atoms. The maximum absolute atomic E-state index is 13.1. The van der Waals surface area contributed by atoms with Crippen molar-refractivity contribution >= 4 is 15.9 Å². The summed E-state index contributed by atoms with van der Waals surface area (Å²) < 4.78 is 27.6. The number of hydrogen-bond donors (Lipinski definition) is 2. The van der Waals surface area contributed by atoms with E-state index in [1.807, 2.05) is 11.8 Å². The Kier molecular flexibility index (Phi) is 5.41. The molecular formula is C17H29N5O3S. The van der Waals surface area contributed by atoms with Crippen LogP contribution in [0.2, 0.25) is 0 Å². The number of aromatic amines is 1. The van der Waals surface area contributed by atoms with Gasteiger partial charge in [-0.05, 0) is 52.5 Å². The largest absolute Gasteiger partial charge is 0.339 e. The third-order valence-corrected chi connectivity index (χ3v) is 7.80. The Morgan fingerprint density at radius 2 is 2.08 bits per heavy atom. The molecule has 1 amide bonds. The fourth-order valence-corrected chi connectivity index (χ4v) is 6.12. The molecule has 0 aliphatic carbocycles. The van der Waals surface area contributed by atoms with E-state index in [1.165, 1.54) is 4.31 Å². The molecule has 2 aliphatic rings. The Hall–Kier alpha value is -1.45. The predicted octanol–water partition coefficient (Wildman–Crippen LogP) is 0.623. The van der Waals surface area contributed by atoms with Gasteiger partial charge in [0, 0.05) is 25.7 Å². The molecule has 3 unspecified atom stereocenters. The van der Waals surface area contributed by atoms with Gasteiger partial charge < -0.3 is 10.6 Å². The van der Waals surface area contributed by atoms with Gasteiger partial charge >= 0.3 is 0 Å². The number of aromatic nitrogens is 2. The first-order chi connectivity index (χ1) is 12.3. The maximum atomic E-state index is 13.1. The lowest BCUT2D eigenvalue weighted by atomic mass is 9.98. The summed E-state index contributed by atoms with van der Waals surface area (Å²) in [5.74, 6) is 0.118. The highest BCUT2D eigenvalue weighted by Gasteiger charge is 2.40. The third kappa shape index (κ3) is 3.39. The number of carbonyl (C=O) groups excluding carboxylic acids is 1. The normalized spacial score (nSPS) is 27.8. The van der Waals surface area contributed by atoms with E-state index in [-0.39, 0.29) is 29.3 Å². The summed E-state index contributed by atoms with van der Waals surface area (Å²) in [4.78, 5) is 15.1. The van der Waals surface area contributed by atoms with E-state index in [9.17, 15) is 13.2 Å². The molecule has 146 valence electrons. The van der Waals surface area contributed by atoms with Gasteiger partial charge in [-0.2, -0.15) is 9.40 Å². The molecule has 0 aromatic carbocycles. The van der Waals surface area contributed by atoms with Crippen molar-refractivity contribution in [3.05, 3.63) is 11.4 Å². The van der Waals surface area contributed by atoms with Crippen molar-refractivity contribution in [3.63, 3.8) is 0 Å². The van der Waals surface area contributed by atoms with Crippen molar-refractivity contribution in [1.82, 2.24) is 19.4 Å². The van der Waals surface area contributed by atoms with Gasteiger partial charge in [-0.25, -0.2) is 8.42 Å². The van der Waals surface area contributed by atoms with Crippen LogP contribution in [0.3, 0.4) is 0 Å². The molecule has 0 spiro atoms. The summed E-state index contributed by atoms with van der Waals surface area (Å²) in [6, 6.07) is 0.168. The van der Waals surface area contributed by atoms with Crippen LogP contribution in [-0.2, 0) is 14.8 Å². The zero-order valence-corrected chi connectivity index (χ0v) is 16.6. The molecule has 0 radical (unpaired) electrons. The number of rotatable bonds is 4. The fraction of sp³-hybridized carbons (Fsp3) is 0.765. The molecular weight excluding hydrogens is 354 g/mol. The third-order valence-electron chi connectivity index (χ3n) is 5.67. The average molecular weight is 384 g/mol. The van der Waals surface area contributed by atoms with E-state index in [1.54, 1.807) is 13.8 Å². The van der Waals surface area contributed by atoms with Gasteiger partial charge in [0.2, 0.25) is 15.9 Å². The Bertz CT molecular complexity index is 756. The standard InChI is InChI=1S/C17H29N5O3S/c1-11-7-14(8-18)9-22(11)17(23)15-5-4-6-21(10-15)26(24,25)16-12(2)19-20-13(16)3/h11,14-15H,4-10,18H2,1-3H3,(H,19,20). The van der Waals surface area contributed by atoms with Crippen molar-refractivity contribution in [1.29, 1.82) is 0 Å². The van der Waals surface area contributed by atoms with Crippen LogP contribution in [0, 0.1) is 25.7 Å². The van der Waals surface area contributed by atoms with Crippen LogP contribution in [0.5, 0.6) is 0 Å². The summed E-state index contributed by atoms with van der Waals surface area (Å²) in [6.07, 6.45) is 2.34. The number of likely N-dealkylation sites (tertiary alicyclic amines) is 1. The maximum Gasteiger partial charge on any atom is 0.246 e. The molecule has 3 rings (SSSR count). The van der Waals surface area contributed by atoms with Gasteiger partial charge in [0.25, 0.3) is 0 Å². The van der Waals surface area contributed by atoms with E-state index in [2.05, 4.69) is 10.2 Å². The molecule has 3 heterocycles. The molecule has 0 saturated carbocycles. The first-order valence-electron chi connectivity index (χ1n) is 9.28. The number of carbonyl (C=O) groups is 1. The Morgan fingerprint density at radius 3 is 2.65 bits per heavy atom.